The van der Waals surface area contributed by atoms with E-state index < -0.39 is 5.97 Å². The average Bonchev–Trinajstić information content (AvgIpc) is 3.31. The van der Waals surface area contributed by atoms with E-state index >= 15 is 0 Å². The number of hydrogen-bond donors (Lipinski definition) is 2. The summed E-state index contributed by atoms with van der Waals surface area (Å²) in [6.07, 6.45) is 14.5. The smallest absolute Gasteiger partial charge is 0.335 e. The number of hydrogen-bond acceptors (Lipinski definition) is 2. The van der Waals surface area contributed by atoms with Crippen molar-refractivity contribution in [3.05, 3.63) is 35.5 Å². The molecule has 0 spiro atoms. The molecule has 4 nitrogen and oxygen atoms in total. The lowest BCUT2D eigenvalue weighted by atomic mass is 9.75. The lowest BCUT2D eigenvalue weighted by Crippen LogP contribution is -2.40. The second-order valence-corrected chi connectivity index (χ2v) is 9.79. The first-order valence-corrected chi connectivity index (χ1v) is 11.7. The number of unbranched alkanes of at least 4 members (excludes halogenated alkanes) is 1. The van der Waals surface area contributed by atoms with Crippen LogP contribution in [0.5, 0.6) is 0 Å². The highest BCUT2D eigenvalue weighted by Gasteiger charge is 2.45. The number of likely N-dealkylation sites (tertiary alicyclic amines) is 1. The predicted octanol–water partition coefficient (Wildman–Crippen LogP) is 5.34. The molecule has 1 saturated heterocycles. The summed E-state index contributed by atoms with van der Waals surface area (Å²) < 4.78 is 0. The van der Waals surface area contributed by atoms with Crippen LogP contribution in [0, 0.1) is 23.7 Å². The molecule has 29 heavy (non-hydrogen) atoms. The summed E-state index contributed by atoms with van der Waals surface area (Å²) >= 11 is 0. The molecule has 1 aromatic carbocycles. The summed E-state index contributed by atoms with van der Waals surface area (Å²) in [5.74, 6) is 3.28. The highest BCUT2D eigenvalue weighted by molar-refractivity contribution is 5.94. The van der Waals surface area contributed by atoms with Crippen LogP contribution < -0.4 is 0 Å². The third-order valence-electron chi connectivity index (χ3n) is 8.19. The Hall–Kier alpha value is -1.81. The van der Waals surface area contributed by atoms with Crippen LogP contribution in [-0.2, 0) is 6.42 Å². The summed E-state index contributed by atoms with van der Waals surface area (Å²) in [6.45, 7) is 3.90. The molecule has 3 fully saturated rings. The maximum Gasteiger partial charge on any atom is 0.335 e. The summed E-state index contributed by atoms with van der Waals surface area (Å²) in [6, 6.07) is 5.41. The van der Waals surface area contributed by atoms with E-state index in [1.54, 1.807) is 12.1 Å². The minimum absolute atomic E-state index is 0.348. The van der Waals surface area contributed by atoms with E-state index in [-0.39, 0.29) is 0 Å². The number of rotatable bonds is 6. The molecule has 0 radical (unpaired) electrons. The van der Waals surface area contributed by atoms with Gasteiger partial charge in [-0.05, 0) is 93.0 Å². The Morgan fingerprint density at radius 3 is 2.86 bits per heavy atom. The van der Waals surface area contributed by atoms with Crippen LogP contribution in [0.4, 0.5) is 0 Å². The number of aromatic carboxylic acids is 1. The van der Waals surface area contributed by atoms with Crippen LogP contribution in [0.25, 0.3) is 10.9 Å². The van der Waals surface area contributed by atoms with Gasteiger partial charge in [0.05, 0.1) is 5.56 Å². The number of aromatic amines is 1. The summed E-state index contributed by atoms with van der Waals surface area (Å²) in [5, 5.41) is 10.3. The van der Waals surface area contributed by atoms with E-state index in [1.807, 2.05) is 6.07 Å². The van der Waals surface area contributed by atoms with Crippen LogP contribution in [0.1, 0.15) is 67.3 Å². The second-order valence-electron chi connectivity index (χ2n) is 9.79. The highest BCUT2D eigenvalue weighted by Crippen LogP contribution is 2.51. The molecule has 0 bridgehead atoms. The number of piperidine rings is 1. The average molecular weight is 395 g/mol. The van der Waals surface area contributed by atoms with Gasteiger partial charge in [0.25, 0.3) is 0 Å². The van der Waals surface area contributed by atoms with Gasteiger partial charge < -0.3 is 15.0 Å². The molecule has 2 aliphatic carbocycles. The van der Waals surface area contributed by atoms with Gasteiger partial charge >= 0.3 is 5.97 Å². The number of nitrogens with one attached hydrogen (secondary N) is 1. The molecule has 2 N–H and O–H groups in total. The number of aromatic nitrogens is 1. The Morgan fingerprint density at radius 2 is 1.97 bits per heavy atom. The standard InChI is InChI=1S/C25H34N2O2/c28-25(29)18-8-9-23-19(15-26-24(23)14-18)6-3-4-11-27-12-10-22-20(16-27)13-17-5-1-2-7-21(17)22/h8-9,14-15,17,20-22,26H,1-7,10-13,16H2,(H,28,29). The molecular formula is C25H34N2O2. The lowest BCUT2D eigenvalue weighted by Gasteiger charge is -2.38. The minimum atomic E-state index is -0.867. The monoisotopic (exact) mass is 394 g/mol. The SMILES string of the molecule is O=C(O)c1ccc2c(CCCCN3CCC4C(CC5CCCCC54)C3)c[nH]c2c1. The summed E-state index contributed by atoms with van der Waals surface area (Å²) in [7, 11) is 0. The van der Waals surface area contributed by atoms with E-state index in [9.17, 15) is 4.79 Å². The van der Waals surface area contributed by atoms with Gasteiger partial charge in [-0.15, -0.1) is 0 Å². The Morgan fingerprint density at radius 1 is 1.10 bits per heavy atom. The van der Waals surface area contributed by atoms with Crippen LogP contribution in [0.15, 0.2) is 24.4 Å². The second kappa shape index (κ2) is 8.14. The van der Waals surface area contributed by atoms with E-state index in [0.717, 1.165) is 35.6 Å². The third kappa shape index (κ3) is 3.84. The predicted molar refractivity (Wildman–Crippen MR) is 116 cm³/mol. The van der Waals surface area contributed by atoms with Crippen molar-refractivity contribution < 1.29 is 9.90 Å². The van der Waals surface area contributed by atoms with Crippen molar-refractivity contribution in [1.82, 2.24) is 9.88 Å². The van der Waals surface area contributed by atoms with Crippen molar-refractivity contribution in [3.63, 3.8) is 0 Å². The number of carboxylic acids is 1. The topological polar surface area (TPSA) is 56.3 Å². The first kappa shape index (κ1) is 19.2. The fourth-order valence-electron chi connectivity index (χ4n) is 6.80. The molecule has 1 aromatic heterocycles. The molecule has 0 amide bonds. The molecule has 2 saturated carbocycles. The number of carboxylic acid groups (broad SMARTS) is 1. The van der Waals surface area contributed by atoms with E-state index in [4.69, 9.17) is 5.11 Å². The number of benzene rings is 1. The molecule has 3 aliphatic rings. The zero-order valence-corrected chi connectivity index (χ0v) is 17.4. The molecule has 156 valence electrons. The molecule has 2 aromatic rings. The Balaban J connectivity index is 1.10. The van der Waals surface area contributed by atoms with Crippen LogP contribution >= 0.6 is 0 Å². The first-order valence-electron chi connectivity index (χ1n) is 11.7. The highest BCUT2D eigenvalue weighted by atomic mass is 16.4. The Labute approximate surface area is 173 Å². The lowest BCUT2D eigenvalue weighted by molar-refractivity contribution is 0.0697. The van der Waals surface area contributed by atoms with E-state index in [2.05, 4.69) is 16.1 Å². The number of aryl methyl sites for hydroxylation is 1. The quantitative estimate of drug-likeness (QED) is 0.651. The van der Waals surface area contributed by atoms with Crippen LogP contribution in [0.2, 0.25) is 0 Å². The maximum absolute atomic E-state index is 11.1. The van der Waals surface area contributed by atoms with Crippen molar-refractivity contribution >= 4 is 16.9 Å². The van der Waals surface area contributed by atoms with E-state index in [0.29, 0.717) is 5.56 Å². The number of nitrogens with zero attached hydrogens (tertiary/aromatic N) is 1. The van der Waals surface area contributed by atoms with Crippen LogP contribution in [-0.4, -0.2) is 40.6 Å². The van der Waals surface area contributed by atoms with Crippen molar-refractivity contribution in [2.45, 2.75) is 57.8 Å². The minimum Gasteiger partial charge on any atom is -0.478 e. The Kier molecular flexibility index (Phi) is 5.38. The molecule has 2 heterocycles. The van der Waals surface area contributed by atoms with Crippen molar-refractivity contribution in [2.24, 2.45) is 23.7 Å². The van der Waals surface area contributed by atoms with E-state index in [1.165, 1.54) is 82.0 Å². The normalized spacial score (nSPS) is 29.7. The van der Waals surface area contributed by atoms with Gasteiger partial charge in [0.1, 0.15) is 0 Å². The van der Waals surface area contributed by atoms with Gasteiger partial charge in [-0.1, -0.05) is 25.3 Å². The zero-order valence-electron chi connectivity index (χ0n) is 17.4. The number of carbonyl (C=O) groups is 1. The first-order chi connectivity index (χ1) is 14.2. The van der Waals surface area contributed by atoms with Crippen molar-refractivity contribution in [2.75, 3.05) is 19.6 Å². The van der Waals surface area contributed by atoms with Gasteiger partial charge in [0.2, 0.25) is 0 Å². The largest absolute Gasteiger partial charge is 0.478 e. The molecule has 4 heteroatoms. The summed E-state index contributed by atoms with van der Waals surface area (Å²) in [4.78, 5) is 17.1. The molecule has 5 rings (SSSR count). The zero-order chi connectivity index (χ0) is 19.8. The Bertz CT molecular complexity index is 873. The third-order valence-corrected chi connectivity index (χ3v) is 8.19. The molecule has 4 unspecified atom stereocenters. The van der Waals surface area contributed by atoms with Crippen molar-refractivity contribution in [3.8, 4) is 0 Å². The van der Waals surface area contributed by atoms with Gasteiger partial charge in [-0.2, -0.15) is 0 Å². The molecular weight excluding hydrogens is 360 g/mol. The van der Waals surface area contributed by atoms with Crippen LogP contribution in [0.3, 0.4) is 0 Å². The van der Waals surface area contributed by atoms with Gasteiger partial charge in [-0.25, -0.2) is 4.79 Å². The fraction of sp³-hybridized carbons (Fsp3) is 0.640. The molecule has 4 atom stereocenters. The maximum atomic E-state index is 11.1. The molecule has 1 aliphatic heterocycles. The number of fused-ring (bicyclic) bond motifs is 4. The van der Waals surface area contributed by atoms with Crippen molar-refractivity contribution in [1.29, 1.82) is 0 Å². The summed E-state index contributed by atoms with van der Waals surface area (Å²) in [5.41, 5.74) is 2.60. The van der Waals surface area contributed by atoms with Gasteiger partial charge in [0.15, 0.2) is 0 Å². The fourth-order valence-corrected chi connectivity index (χ4v) is 6.80. The number of H-pyrrole nitrogens is 1. The van der Waals surface area contributed by atoms with Gasteiger partial charge in [-0.3, -0.25) is 0 Å². The van der Waals surface area contributed by atoms with Gasteiger partial charge in [0, 0.05) is 23.6 Å².